The van der Waals surface area contributed by atoms with Crippen LogP contribution in [0.2, 0.25) is 0 Å². The van der Waals surface area contributed by atoms with E-state index in [1.807, 2.05) is 4.68 Å². The lowest BCUT2D eigenvalue weighted by atomic mass is 9.95. The Morgan fingerprint density at radius 1 is 1.03 bits per heavy atom. The van der Waals surface area contributed by atoms with Crippen molar-refractivity contribution in [3.05, 3.63) is 94.6 Å². The van der Waals surface area contributed by atoms with Crippen molar-refractivity contribution in [2.24, 2.45) is 0 Å². The van der Waals surface area contributed by atoms with Crippen LogP contribution >= 0.6 is 0 Å². The van der Waals surface area contributed by atoms with E-state index in [0.717, 1.165) is 30.0 Å². The minimum atomic E-state index is -0.230. The molecule has 1 N–H and O–H groups in total. The molecule has 4 rings (SSSR count). The summed E-state index contributed by atoms with van der Waals surface area (Å²) < 4.78 is 15.2. The summed E-state index contributed by atoms with van der Waals surface area (Å²) in [4.78, 5) is 0. The molecule has 1 aliphatic rings. The topological polar surface area (TPSA) is 29.9 Å². The Hall–Kier alpha value is -2.72. The second-order valence-corrected chi connectivity index (χ2v) is 8.58. The average molecular weight is 404 g/mol. The normalized spacial score (nSPS) is 18.5. The predicted molar refractivity (Wildman–Crippen MR) is 121 cm³/mol. The van der Waals surface area contributed by atoms with Gasteiger partial charge in [-0.15, -0.1) is 0 Å². The molecule has 2 atom stereocenters. The molecular weight excluding hydrogens is 373 g/mol. The summed E-state index contributed by atoms with van der Waals surface area (Å²) in [5.41, 5.74) is 7.03. The first-order valence-electron chi connectivity index (χ1n) is 10.7. The van der Waals surface area contributed by atoms with Gasteiger partial charge in [0.25, 0.3) is 0 Å². The third-order valence-corrected chi connectivity index (χ3v) is 6.09. The van der Waals surface area contributed by atoms with Crippen molar-refractivity contribution in [1.29, 1.82) is 0 Å². The average Bonchev–Trinajstić information content (AvgIpc) is 3.31. The van der Waals surface area contributed by atoms with Crippen LogP contribution in [0.3, 0.4) is 0 Å². The minimum absolute atomic E-state index is 0.230. The van der Waals surface area contributed by atoms with Gasteiger partial charge in [-0.3, -0.25) is 0 Å². The largest absolute Gasteiger partial charge is 0.306 e. The van der Waals surface area contributed by atoms with Gasteiger partial charge < -0.3 is 5.32 Å². The van der Waals surface area contributed by atoms with Crippen LogP contribution in [0.5, 0.6) is 0 Å². The van der Waals surface area contributed by atoms with E-state index in [-0.39, 0.29) is 5.82 Å². The van der Waals surface area contributed by atoms with Gasteiger partial charge in [0.05, 0.1) is 11.4 Å². The third-order valence-electron chi connectivity index (χ3n) is 6.09. The number of hydrogen-bond acceptors (Lipinski definition) is 2. The molecule has 0 radical (unpaired) electrons. The lowest BCUT2D eigenvalue weighted by Crippen LogP contribution is -2.25. The Morgan fingerprint density at radius 3 is 2.40 bits per heavy atom. The molecule has 0 amide bonds. The molecular formula is C26H30FN3. The molecule has 1 heterocycles. The predicted octanol–water partition coefficient (Wildman–Crippen LogP) is 5.95. The van der Waals surface area contributed by atoms with E-state index in [2.05, 4.69) is 69.4 Å². The second kappa shape index (κ2) is 8.57. The summed E-state index contributed by atoms with van der Waals surface area (Å²) in [6.07, 6.45) is 5.60. The summed E-state index contributed by atoms with van der Waals surface area (Å²) in [7, 11) is 0. The SMILES string of the molecule is Cc1nn(-c2ccc(F)cc2)c(C)c1[C@H]1C=C[C@@H](NCc2ccc(C(C)C)cc2)C1. The monoisotopic (exact) mass is 403 g/mol. The van der Waals surface area contributed by atoms with Crippen molar-refractivity contribution in [1.82, 2.24) is 15.1 Å². The maximum atomic E-state index is 13.3. The Morgan fingerprint density at radius 2 is 1.73 bits per heavy atom. The minimum Gasteiger partial charge on any atom is -0.306 e. The smallest absolute Gasteiger partial charge is 0.123 e. The van der Waals surface area contributed by atoms with Gasteiger partial charge in [-0.25, -0.2) is 9.07 Å². The Labute approximate surface area is 178 Å². The van der Waals surface area contributed by atoms with Gasteiger partial charge in [0.15, 0.2) is 0 Å². The molecule has 4 heteroatoms. The van der Waals surface area contributed by atoms with E-state index < -0.39 is 0 Å². The molecule has 2 aromatic carbocycles. The highest BCUT2D eigenvalue weighted by molar-refractivity contribution is 5.41. The van der Waals surface area contributed by atoms with Crippen molar-refractivity contribution < 1.29 is 4.39 Å². The van der Waals surface area contributed by atoms with Crippen molar-refractivity contribution in [3.8, 4) is 5.69 Å². The van der Waals surface area contributed by atoms with E-state index in [0.29, 0.717) is 17.9 Å². The van der Waals surface area contributed by atoms with E-state index in [4.69, 9.17) is 5.10 Å². The summed E-state index contributed by atoms with van der Waals surface area (Å²) in [6.45, 7) is 9.47. The number of aryl methyl sites for hydroxylation is 1. The zero-order valence-corrected chi connectivity index (χ0v) is 18.2. The van der Waals surface area contributed by atoms with Crippen LogP contribution < -0.4 is 5.32 Å². The molecule has 0 unspecified atom stereocenters. The molecule has 30 heavy (non-hydrogen) atoms. The molecule has 0 aliphatic heterocycles. The van der Waals surface area contributed by atoms with E-state index in [1.54, 1.807) is 12.1 Å². The first kappa shape index (κ1) is 20.5. The fourth-order valence-electron chi connectivity index (χ4n) is 4.36. The maximum Gasteiger partial charge on any atom is 0.123 e. The number of halogens is 1. The third kappa shape index (κ3) is 4.24. The van der Waals surface area contributed by atoms with Gasteiger partial charge in [0, 0.05) is 29.8 Å². The number of benzene rings is 2. The van der Waals surface area contributed by atoms with Gasteiger partial charge in [-0.05, 0) is 61.6 Å². The molecule has 3 aromatic rings. The fourth-order valence-corrected chi connectivity index (χ4v) is 4.36. The molecule has 0 saturated carbocycles. The van der Waals surface area contributed by atoms with Crippen LogP contribution in [0.1, 0.15) is 60.2 Å². The lowest BCUT2D eigenvalue weighted by molar-refractivity contribution is 0.559. The zero-order chi connectivity index (χ0) is 21.3. The van der Waals surface area contributed by atoms with Crippen LogP contribution in [-0.2, 0) is 6.54 Å². The second-order valence-electron chi connectivity index (χ2n) is 8.58. The Bertz CT molecular complexity index is 1030. The molecule has 1 aromatic heterocycles. The first-order valence-corrected chi connectivity index (χ1v) is 10.7. The van der Waals surface area contributed by atoms with Gasteiger partial charge in [0.1, 0.15) is 5.82 Å². The van der Waals surface area contributed by atoms with Gasteiger partial charge in [0.2, 0.25) is 0 Å². The molecule has 156 valence electrons. The molecule has 1 aliphatic carbocycles. The standard InChI is InChI=1S/C26H30FN3/c1-17(2)21-7-5-20(6-8-21)16-28-24-12-9-22(15-24)26-18(3)29-30(19(26)4)25-13-10-23(27)11-14-25/h5-14,17,22,24,28H,15-16H2,1-4H3/t22-,24+/m0/s1. The van der Waals surface area contributed by atoms with Gasteiger partial charge >= 0.3 is 0 Å². The molecule has 0 fully saturated rings. The first-order chi connectivity index (χ1) is 14.4. The molecule has 3 nitrogen and oxygen atoms in total. The summed E-state index contributed by atoms with van der Waals surface area (Å²) in [5.74, 6) is 0.680. The van der Waals surface area contributed by atoms with Gasteiger partial charge in [-0.2, -0.15) is 5.10 Å². The molecule has 0 spiro atoms. The number of nitrogens with one attached hydrogen (secondary N) is 1. The van der Waals surface area contributed by atoms with Crippen LogP contribution in [0, 0.1) is 19.7 Å². The zero-order valence-electron chi connectivity index (χ0n) is 18.2. The molecule has 0 saturated heterocycles. The quantitative estimate of drug-likeness (QED) is 0.515. The highest BCUT2D eigenvalue weighted by Crippen LogP contribution is 2.34. The number of hydrogen-bond donors (Lipinski definition) is 1. The van der Waals surface area contributed by atoms with Crippen LogP contribution in [0.4, 0.5) is 4.39 Å². The van der Waals surface area contributed by atoms with E-state index in [1.165, 1.54) is 28.8 Å². The van der Waals surface area contributed by atoms with Crippen LogP contribution in [0.25, 0.3) is 5.69 Å². The fraction of sp³-hybridized carbons (Fsp3) is 0.346. The molecule has 0 bridgehead atoms. The number of nitrogens with zero attached hydrogens (tertiary/aromatic N) is 2. The summed E-state index contributed by atoms with van der Waals surface area (Å²) in [5, 5.41) is 8.41. The van der Waals surface area contributed by atoms with Crippen LogP contribution in [-0.4, -0.2) is 15.8 Å². The number of rotatable bonds is 6. The highest BCUT2D eigenvalue weighted by Gasteiger charge is 2.26. The summed E-state index contributed by atoms with van der Waals surface area (Å²) in [6, 6.07) is 15.8. The van der Waals surface area contributed by atoms with E-state index >= 15 is 0 Å². The number of allylic oxidation sites excluding steroid dienone is 1. The Balaban J connectivity index is 1.42. The van der Waals surface area contributed by atoms with Gasteiger partial charge in [-0.1, -0.05) is 50.3 Å². The van der Waals surface area contributed by atoms with E-state index in [9.17, 15) is 4.39 Å². The highest BCUT2D eigenvalue weighted by atomic mass is 19.1. The maximum absolute atomic E-state index is 13.3. The van der Waals surface area contributed by atoms with Crippen molar-refractivity contribution in [2.75, 3.05) is 0 Å². The van der Waals surface area contributed by atoms with Crippen molar-refractivity contribution in [3.63, 3.8) is 0 Å². The lowest BCUT2D eigenvalue weighted by Gasteiger charge is -2.15. The Kier molecular flexibility index (Phi) is 5.87. The van der Waals surface area contributed by atoms with Crippen molar-refractivity contribution in [2.45, 2.75) is 58.5 Å². The van der Waals surface area contributed by atoms with Crippen molar-refractivity contribution >= 4 is 0 Å². The van der Waals surface area contributed by atoms with Crippen LogP contribution in [0.15, 0.2) is 60.7 Å². The number of aromatic nitrogens is 2. The summed E-state index contributed by atoms with van der Waals surface area (Å²) >= 11 is 0.